The van der Waals surface area contributed by atoms with E-state index in [0.29, 0.717) is 17.2 Å². The first-order valence-corrected chi connectivity index (χ1v) is 11.8. The van der Waals surface area contributed by atoms with Crippen molar-refractivity contribution in [2.24, 2.45) is 0 Å². The van der Waals surface area contributed by atoms with Gasteiger partial charge in [0, 0.05) is 11.6 Å². The van der Waals surface area contributed by atoms with Crippen LogP contribution in [0.3, 0.4) is 0 Å². The molecule has 2 heterocycles. The van der Waals surface area contributed by atoms with Crippen LogP contribution in [0.2, 0.25) is 0 Å². The minimum Gasteiger partial charge on any atom is -0.497 e. The van der Waals surface area contributed by atoms with E-state index >= 15 is 0 Å². The molecule has 194 valence electrons. The molecule has 5 rings (SSSR count). The summed E-state index contributed by atoms with van der Waals surface area (Å²) in [6.07, 6.45) is 2.79. The molecular formula is C30H29FN4O3. The first kappa shape index (κ1) is 26.3. The predicted molar refractivity (Wildman–Crippen MR) is 145 cm³/mol. The number of hydrogen-bond donors (Lipinski definition) is 1. The van der Waals surface area contributed by atoms with Gasteiger partial charge in [0.05, 0.1) is 30.6 Å². The summed E-state index contributed by atoms with van der Waals surface area (Å²) >= 11 is 0. The van der Waals surface area contributed by atoms with Crippen LogP contribution in [-0.4, -0.2) is 33.8 Å². The van der Waals surface area contributed by atoms with Gasteiger partial charge >= 0.3 is 0 Å². The number of benzene rings is 3. The van der Waals surface area contributed by atoms with Gasteiger partial charge in [-0.15, -0.1) is 0 Å². The maximum atomic E-state index is 13.4. The molecule has 0 radical (unpaired) electrons. The maximum Gasteiger partial charge on any atom is 0.270 e. The Balaban J connectivity index is 0.00000336. The Hall–Kier alpha value is -4.72. The van der Waals surface area contributed by atoms with E-state index in [1.165, 1.54) is 12.1 Å². The molecule has 38 heavy (non-hydrogen) atoms. The molecule has 1 amide bonds. The number of pyridine rings is 1. The Morgan fingerprint density at radius 3 is 2.53 bits per heavy atom. The quantitative estimate of drug-likeness (QED) is 0.270. The first-order chi connectivity index (χ1) is 18.0. The van der Waals surface area contributed by atoms with Gasteiger partial charge in [0.2, 0.25) is 0 Å². The Labute approximate surface area is 220 Å². The second-order valence-corrected chi connectivity index (χ2v) is 8.55. The molecule has 0 bridgehead atoms. The molecule has 5 aromatic rings. The number of hydrogen-bond acceptors (Lipinski definition) is 5. The molecule has 0 saturated carbocycles. The Morgan fingerprint density at radius 2 is 1.79 bits per heavy atom. The molecule has 0 saturated heterocycles. The molecular weight excluding hydrogens is 483 g/mol. The van der Waals surface area contributed by atoms with E-state index < -0.39 is 12.1 Å². The fraction of sp³-hybridized carbons (Fsp3) is 0.167. The molecule has 0 aliphatic heterocycles. The molecule has 0 aliphatic rings. The minimum absolute atomic E-state index is 0. The molecule has 3 aromatic carbocycles. The van der Waals surface area contributed by atoms with Crippen molar-refractivity contribution in [1.29, 1.82) is 0 Å². The lowest BCUT2D eigenvalue weighted by atomic mass is 10.0. The van der Waals surface area contributed by atoms with E-state index in [4.69, 9.17) is 9.47 Å². The second kappa shape index (κ2) is 11.6. The highest BCUT2D eigenvalue weighted by Crippen LogP contribution is 2.30. The smallest absolute Gasteiger partial charge is 0.270 e. The number of aromatic nitrogens is 3. The summed E-state index contributed by atoms with van der Waals surface area (Å²) in [6.45, 7) is 1.88. The van der Waals surface area contributed by atoms with Gasteiger partial charge in [-0.25, -0.2) is 9.07 Å². The highest BCUT2D eigenvalue weighted by Gasteiger charge is 2.25. The molecule has 0 aliphatic carbocycles. The van der Waals surface area contributed by atoms with Gasteiger partial charge in [0.1, 0.15) is 29.1 Å². The summed E-state index contributed by atoms with van der Waals surface area (Å²) in [4.78, 5) is 16.9. The number of methoxy groups -OCH3 is 1. The van der Waals surface area contributed by atoms with Crippen molar-refractivity contribution in [2.75, 3.05) is 7.11 Å². The first-order valence-electron chi connectivity index (χ1n) is 11.8. The van der Waals surface area contributed by atoms with E-state index in [1.807, 2.05) is 49.4 Å². The van der Waals surface area contributed by atoms with E-state index in [2.05, 4.69) is 15.4 Å². The number of carbonyl (C=O) groups is 1. The van der Waals surface area contributed by atoms with E-state index in [9.17, 15) is 9.18 Å². The van der Waals surface area contributed by atoms with Gasteiger partial charge in [-0.05, 0) is 79.2 Å². The van der Waals surface area contributed by atoms with Crippen LogP contribution >= 0.6 is 0 Å². The van der Waals surface area contributed by atoms with Crippen molar-refractivity contribution in [3.63, 3.8) is 0 Å². The maximum absolute atomic E-state index is 13.4. The number of rotatable bonds is 8. The largest absolute Gasteiger partial charge is 0.497 e. The molecule has 1 N–H and O–H groups in total. The van der Waals surface area contributed by atoms with Crippen molar-refractivity contribution in [2.45, 2.75) is 26.5 Å². The third-order valence-corrected chi connectivity index (χ3v) is 6.01. The Bertz CT molecular complexity index is 1520. The van der Waals surface area contributed by atoms with Crippen LogP contribution in [0.25, 0.3) is 16.6 Å². The SMILES string of the molecule is C.COc1cccc([C@@H](Oc2ccc3c(cnn3-c3ccc(F)cc3)c2)[C@H](C)NC(=O)c2ccccn2)c1. The number of carbonyl (C=O) groups excluding carboxylic acids is 1. The zero-order valence-corrected chi connectivity index (χ0v) is 20.3. The number of nitrogens with one attached hydrogen (secondary N) is 1. The lowest BCUT2D eigenvalue weighted by Crippen LogP contribution is -2.39. The molecule has 2 aromatic heterocycles. The zero-order valence-electron chi connectivity index (χ0n) is 20.3. The number of amides is 1. The van der Waals surface area contributed by atoms with Crippen molar-refractivity contribution in [3.8, 4) is 17.2 Å². The summed E-state index contributed by atoms with van der Waals surface area (Å²) in [5.41, 5.74) is 2.78. The van der Waals surface area contributed by atoms with Crippen LogP contribution in [0.1, 0.15) is 36.5 Å². The van der Waals surface area contributed by atoms with Crippen LogP contribution in [-0.2, 0) is 0 Å². The van der Waals surface area contributed by atoms with Crippen molar-refractivity contribution >= 4 is 16.8 Å². The predicted octanol–water partition coefficient (Wildman–Crippen LogP) is 6.14. The van der Waals surface area contributed by atoms with Gasteiger partial charge < -0.3 is 14.8 Å². The minimum atomic E-state index is -0.521. The van der Waals surface area contributed by atoms with Crippen LogP contribution < -0.4 is 14.8 Å². The monoisotopic (exact) mass is 512 g/mol. The normalized spacial score (nSPS) is 12.3. The van der Waals surface area contributed by atoms with Gasteiger partial charge in [-0.1, -0.05) is 25.6 Å². The average Bonchev–Trinajstić information content (AvgIpc) is 3.36. The third kappa shape index (κ3) is 5.64. The van der Waals surface area contributed by atoms with Crippen LogP contribution in [0.5, 0.6) is 11.5 Å². The van der Waals surface area contributed by atoms with Gasteiger partial charge in [0.15, 0.2) is 0 Å². The van der Waals surface area contributed by atoms with Crippen molar-refractivity contribution in [3.05, 3.63) is 114 Å². The Morgan fingerprint density at radius 1 is 0.974 bits per heavy atom. The van der Waals surface area contributed by atoms with Gasteiger partial charge in [0.25, 0.3) is 5.91 Å². The second-order valence-electron chi connectivity index (χ2n) is 8.55. The summed E-state index contributed by atoms with van der Waals surface area (Å²) in [5, 5.41) is 8.33. The summed E-state index contributed by atoms with van der Waals surface area (Å²) in [7, 11) is 1.61. The van der Waals surface area contributed by atoms with Crippen molar-refractivity contribution in [1.82, 2.24) is 20.1 Å². The lowest BCUT2D eigenvalue weighted by molar-refractivity contribution is 0.0877. The number of halogens is 1. The fourth-order valence-electron chi connectivity index (χ4n) is 4.15. The van der Waals surface area contributed by atoms with E-state index in [-0.39, 0.29) is 19.2 Å². The lowest BCUT2D eigenvalue weighted by Gasteiger charge is -2.27. The highest BCUT2D eigenvalue weighted by molar-refractivity contribution is 5.92. The summed E-state index contributed by atoms with van der Waals surface area (Å²) in [6, 6.07) is 24.2. The van der Waals surface area contributed by atoms with Crippen LogP contribution in [0, 0.1) is 5.82 Å². The number of fused-ring (bicyclic) bond motifs is 1. The van der Waals surface area contributed by atoms with Gasteiger partial charge in [-0.3, -0.25) is 9.78 Å². The molecule has 7 nitrogen and oxygen atoms in total. The molecule has 0 unspecified atom stereocenters. The Kier molecular flexibility index (Phi) is 8.01. The fourth-order valence-corrected chi connectivity index (χ4v) is 4.15. The molecule has 2 atom stereocenters. The van der Waals surface area contributed by atoms with Gasteiger partial charge in [-0.2, -0.15) is 5.10 Å². The van der Waals surface area contributed by atoms with E-state index in [0.717, 1.165) is 22.2 Å². The summed E-state index contributed by atoms with van der Waals surface area (Å²) < 4.78 is 27.0. The van der Waals surface area contributed by atoms with Crippen molar-refractivity contribution < 1.29 is 18.7 Å². The number of nitrogens with zero attached hydrogens (tertiary/aromatic N) is 3. The zero-order chi connectivity index (χ0) is 25.8. The molecule has 0 spiro atoms. The molecule has 0 fully saturated rings. The van der Waals surface area contributed by atoms with E-state index in [1.54, 1.807) is 54.5 Å². The van der Waals surface area contributed by atoms with Crippen LogP contribution in [0.4, 0.5) is 4.39 Å². The standard InChI is InChI=1S/C29H25FN4O3.CH4/c1-19(33-29(35)26-8-3-4-15-31-26)28(20-6-5-7-24(16-20)36-2)37-25-13-14-27-21(17-25)18-32-34(27)23-11-9-22(30)10-12-23;/h3-19,28H,1-2H3,(H,33,35);1H4/t19-,28-;/m0./s1. The third-order valence-electron chi connectivity index (χ3n) is 6.01. The summed E-state index contributed by atoms with van der Waals surface area (Å²) in [5.74, 6) is 0.702. The highest BCUT2D eigenvalue weighted by atomic mass is 19.1. The average molecular weight is 513 g/mol. The number of ether oxygens (including phenoxy) is 2. The topological polar surface area (TPSA) is 78.3 Å². The molecule has 8 heteroatoms. The van der Waals surface area contributed by atoms with Crippen LogP contribution in [0.15, 0.2) is 97.3 Å².